The van der Waals surface area contributed by atoms with Crippen LogP contribution in [0.15, 0.2) is 0 Å². The fraction of sp³-hybridized carbons (Fsp3) is 0.833. The summed E-state index contributed by atoms with van der Waals surface area (Å²) in [5, 5.41) is 0. The van der Waals surface area contributed by atoms with Crippen molar-refractivity contribution in [3.63, 3.8) is 0 Å². The van der Waals surface area contributed by atoms with Gasteiger partial charge in [0.25, 0.3) is 0 Å². The minimum Gasteiger partial charge on any atom is -0.466 e. The van der Waals surface area contributed by atoms with E-state index in [2.05, 4.69) is 0 Å². The van der Waals surface area contributed by atoms with Gasteiger partial charge in [0, 0.05) is 13.1 Å². The van der Waals surface area contributed by atoms with E-state index in [9.17, 15) is 9.59 Å². The zero-order valence-corrected chi connectivity index (χ0v) is 11.0. The second-order valence-electron chi connectivity index (χ2n) is 3.93. The SMILES string of the molecule is CCOC(=O)C[C@@H](C(=O)OCC)N1CCOCC1. The summed E-state index contributed by atoms with van der Waals surface area (Å²) in [6.07, 6.45) is 0.0344. The Morgan fingerprint density at radius 1 is 1.17 bits per heavy atom. The molecular formula is C12H21NO5. The highest BCUT2D eigenvalue weighted by Gasteiger charge is 2.31. The van der Waals surface area contributed by atoms with Crippen molar-refractivity contribution in [2.45, 2.75) is 26.3 Å². The van der Waals surface area contributed by atoms with Gasteiger partial charge in [-0.25, -0.2) is 0 Å². The number of hydrogen-bond acceptors (Lipinski definition) is 6. The predicted octanol–water partition coefficient (Wildman–Crippen LogP) is 0.204. The topological polar surface area (TPSA) is 65.1 Å². The number of carbonyl (C=O) groups excluding carboxylic acids is 2. The lowest BCUT2D eigenvalue weighted by atomic mass is 10.1. The maximum Gasteiger partial charge on any atom is 0.323 e. The van der Waals surface area contributed by atoms with Crippen LogP contribution in [0.1, 0.15) is 20.3 Å². The Labute approximate surface area is 107 Å². The number of esters is 2. The first kappa shape index (κ1) is 14.9. The monoisotopic (exact) mass is 259 g/mol. The molecular weight excluding hydrogens is 238 g/mol. The molecule has 0 aromatic rings. The zero-order chi connectivity index (χ0) is 13.4. The highest BCUT2D eigenvalue weighted by molar-refractivity contribution is 5.82. The third kappa shape index (κ3) is 4.62. The van der Waals surface area contributed by atoms with Gasteiger partial charge in [-0.3, -0.25) is 14.5 Å². The van der Waals surface area contributed by atoms with Crippen LogP contribution in [0.4, 0.5) is 0 Å². The number of nitrogens with zero attached hydrogens (tertiary/aromatic N) is 1. The smallest absolute Gasteiger partial charge is 0.323 e. The molecule has 6 nitrogen and oxygen atoms in total. The molecule has 0 saturated carbocycles. The van der Waals surface area contributed by atoms with Crippen molar-refractivity contribution in [3.05, 3.63) is 0 Å². The van der Waals surface area contributed by atoms with Gasteiger partial charge in [0.05, 0.1) is 32.8 Å². The molecule has 1 aliphatic heterocycles. The lowest BCUT2D eigenvalue weighted by Crippen LogP contribution is -2.49. The minimum atomic E-state index is -0.562. The van der Waals surface area contributed by atoms with Crippen molar-refractivity contribution in [1.29, 1.82) is 0 Å². The van der Waals surface area contributed by atoms with Gasteiger partial charge in [-0.2, -0.15) is 0 Å². The molecule has 0 spiro atoms. The van der Waals surface area contributed by atoms with Gasteiger partial charge in [0.15, 0.2) is 0 Å². The average Bonchev–Trinajstić information content (AvgIpc) is 2.37. The summed E-state index contributed by atoms with van der Waals surface area (Å²) < 4.78 is 15.1. The average molecular weight is 259 g/mol. The number of ether oxygens (including phenoxy) is 3. The van der Waals surface area contributed by atoms with Crippen molar-refractivity contribution in [2.75, 3.05) is 39.5 Å². The standard InChI is InChI=1S/C12H21NO5/c1-3-17-11(14)9-10(12(15)18-4-2)13-5-7-16-8-6-13/h10H,3-9H2,1-2H3/t10-/m0/s1. The van der Waals surface area contributed by atoms with E-state index in [1.54, 1.807) is 13.8 Å². The van der Waals surface area contributed by atoms with Crippen molar-refractivity contribution in [2.24, 2.45) is 0 Å². The van der Waals surface area contributed by atoms with Gasteiger partial charge in [0.1, 0.15) is 6.04 Å². The van der Waals surface area contributed by atoms with Gasteiger partial charge in [-0.15, -0.1) is 0 Å². The molecule has 1 aliphatic rings. The van der Waals surface area contributed by atoms with E-state index in [0.717, 1.165) is 0 Å². The Morgan fingerprint density at radius 3 is 2.33 bits per heavy atom. The Hall–Kier alpha value is -1.14. The second kappa shape index (κ2) is 8.05. The Bertz CT molecular complexity index is 276. The molecule has 1 heterocycles. The lowest BCUT2D eigenvalue weighted by molar-refractivity contribution is -0.158. The molecule has 0 amide bonds. The van der Waals surface area contributed by atoms with E-state index >= 15 is 0 Å². The number of morpholine rings is 1. The van der Waals surface area contributed by atoms with Gasteiger partial charge >= 0.3 is 11.9 Å². The zero-order valence-electron chi connectivity index (χ0n) is 11.0. The largest absolute Gasteiger partial charge is 0.466 e. The van der Waals surface area contributed by atoms with Gasteiger partial charge in [0.2, 0.25) is 0 Å². The van der Waals surface area contributed by atoms with Crippen LogP contribution in [0.3, 0.4) is 0 Å². The van der Waals surface area contributed by atoms with E-state index in [-0.39, 0.29) is 18.4 Å². The Balaban J connectivity index is 2.61. The van der Waals surface area contributed by atoms with Gasteiger partial charge < -0.3 is 14.2 Å². The van der Waals surface area contributed by atoms with Crippen LogP contribution in [0.25, 0.3) is 0 Å². The minimum absolute atomic E-state index is 0.0344. The molecule has 1 fully saturated rings. The van der Waals surface area contributed by atoms with E-state index in [0.29, 0.717) is 39.5 Å². The van der Waals surface area contributed by atoms with Crippen LogP contribution in [0.5, 0.6) is 0 Å². The third-order valence-corrected chi connectivity index (χ3v) is 2.71. The number of hydrogen-bond donors (Lipinski definition) is 0. The van der Waals surface area contributed by atoms with Crippen molar-refractivity contribution in [1.82, 2.24) is 4.90 Å². The summed E-state index contributed by atoms with van der Waals surface area (Å²) >= 11 is 0. The Kier molecular flexibility index (Phi) is 6.67. The molecule has 0 N–H and O–H groups in total. The molecule has 18 heavy (non-hydrogen) atoms. The van der Waals surface area contributed by atoms with E-state index in [4.69, 9.17) is 14.2 Å². The summed E-state index contributed by atoms with van der Waals surface area (Å²) in [5.41, 5.74) is 0. The molecule has 0 aromatic carbocycles. The summed E-state index contributed by atoms with van der Waals surface area (Å²) in [5.74, 6) is -0.741. The molecule has 1 saturated heterocycles. The molecule has 0 unspecified atom stereocenters. The lowest BCUT2D eigenvalue weighted by Gasteiger charge is -2.32. The number of carbonyl (C=O) groups is 2. The van der Waals surface area contributed by atoms with Crippen LogP contribution in [-0.4, -0.2) is 62.4 Å². The van der Waals surface area contributed by atoms with Crippen molar-refractivity contribution >= 4 is 11.9 Å². The number of rotatable bonds is 6. The molecule has 0 aromatic heterocycles. The predicted molar refractivity (Wildman–Crippen MR) is 64.1 cm³/mol. The van der Waals surface area contributed by atoms with E-state index in [1.807, 2.05) is 4.90 Å². The van der Waals surface area contributed by atoms with Crippen molar-refractivity contribution < 1.29 is 23.8 Å². The van der Waals surface area contributed by atoms with Crippen LogP contribution in [-0.2, 0) is 23.8 Å². The first-order chi connectivity index (χ1) is 8.69. The van der Waals surface area contributed by atoms with Crippen LogP contribution < -0.4 is 0 Å². The highest BCUT2D eigenvalue weighted by Crippen LogP contribution is 2.11. The summed E-state index contributed by atoms with van der Waals surface area (Å²) in [6, 6.07) is -0.562. The van der Waals surface area contributed by atoms with E-state index < -0.39 is 6.04 Å². The summed E-state index contributed by atoms with van der Waals surface area (Å²) in [7, 11) is 0. The van der Waals surface area contributed by atoms with Crippen LogP contribution in [0, 0.1) is 0 Å². The van der Waals surface area contributed by atoms with Crippen LogP contribution >= 0.6 is 0 Å². The van der Waals surface area contributed by atoms with E-state index in [1.165, 1.54) is 0 Å². The summed E-state index contributed by atoms with van der Waals surface area (Å²) in [6.45, 7) is 6.51. The molecule has 0 bridgehead atoms. The van der Waals surface area contributed by atoms with Crippen LogP contribution in [0.2, 0.25) is 0 Å². The first-order valence-electron chi connectivity index (χ1n) is 6.33. The molecule has 0 aliphatic carbocycles. The normalized spacial score (nSPS) is 18.1. The second-order valence-corrected chi connectivity index (χ2v) is 3.93. The first-order valence-corrected chi connectivity index (χ1v) is 6.33. The summed E-state index contributed by atoms with van der Waals surface area (Å²) in [4.78, 5) is 25.3. The third-order valence-electron chi connectivity index (χ3n) is 2.71. The fourth-order valence-electron chi connectivity index (χ4n) is 1.87. The quantitative estimate of drug-likeness (QED) is 0.635. The molecule has 6 heteroatoms. The molecule has 104 valence electrons. The highest BCUT2D eigenvalue weighted by atomic mass is 16.5. The maximum atomic E-state index is 11.9. The van der Waals surface area contributed by atoms with Crippen molar-refractivity contribution in [3.8, 4) is 0 Å². The molecule has 1 atom stereocenters. The Morgan fingerprint density at radius 2 is 1.78 bits per heavy atom. The molecule has 1 rings (SSSR count). The van der Waals surface area contributed by atoms with Gasteiger partial charge in [-0.1, -0.05) is 0 Å². The fourth-order valence-corrected chi connectivity index (χ4v) is 1.87. The molecule has 0 radical (unpaired) electrons. The van der Waals surface area contributed by atoms with Gasteiger partial charge in [-0.05, 0) is 13.8 Å². The maximum absolute atomic E-state index is 11.9.